The van der Waals surface area contributed by atoms with E-state index in [1.54, 1.807) is 26.4 Å². The molecular formula is C20H19BrN2O3S. The summed E-state index contributed by atoms with van der Waals surface area (Å²) in [6.45, 7) is 1.85. The molecule has 0 amide bonds. The zero-order chi connectivity index (χ0) is 19.6. The van der Waals surface area contributed by atoms with E-state index in [1.165, 1.54) is 0 Å². The Balaban J connectivity index is 2.14. The number of Topliss-reactive ketones (excluding diaryl/α,β-unsaturated/α-hetero) is 1. The summed E-state index contributed by atoms with van der Waals surface area (Å²) in [7, 11) is 3.15. The van der Waals surface area contributed by atoms with Crippen LogP contribution in [0.5, 0.6) is 11.5 Å². The molecule has 0 saturated carbocycles. The number of benzene rings is 2. The van der Waals surface area contributed by atoms with Gasteiger partial charge >= 0.3 is 0 Å². The third-order valence-electron chi connectivity index (χ3n) is 4.38. The van der Waals surface area contributed by atoms with E-state index in [4.69, 9.17) is 21.7 Å². The lowest BCUT2D eigenvalue weighted by Crippen LogP contribution is -2.45. The number of methoxy groups -OCH3 is 2. The average Bonchev–Trinajstić information content (AvgIpc) is 2.67. The number of carbonyl (C=O) groups excluding carboxylic acids is 1. The van der Waals surface area contributed by atoms with E-state index in [0.29, 0.717) is 32.2 Å². The highest BCUT2D eigenvalue weighted by molar-refractivity contribution is 9.10. The van der Waals surface area contributed by atoms with Crippen LogP contribution in [0, 0.1) is 0 Å². The van der Waals surface area contributed by atoms with Crippen molar-refractivity contribution < 1.29 is 14.3 Å². The number of halogens is 1. The third-order valence-corrected chi connectivity index (χ3v) is 5.41. The monoisotopic (exact) mass is 446 g/mol. The van der Waals surface area contributed by atoms with Crippen molar-refractivity contribution in [2.75, 3.05) is 14.2 Å². The molecule has 3 rings (SSSR count). The number of rotatable bonds is 5. The quantitative estimate of drug-likeness (QED) is 0.531. The molecule has 2 N–H and O–H groups in total. The van der Waals surface area contributed by atoms with Crippen LogP contribution in [0.25, 0.3) is 0 Å². The number of hydrogen-bond donors (Lipinski definition) is 2. The van der Waals surface area contributed by atoms with E-state index in [2.05, 4.69) is 26.6 Å². The molecule has 0 aliphatic carbocycles. The maximum absolute atomic E-state index is 13.2. The van der Waals surface area contributed by atoms with E-state index in [1.807, 2.05) is 37.3 Å². The zero-order valence-corrected chi connectivity index (χ0v) is 17.5. The van der Waals surface area contributed by atoms with E-state index < -0.39 is 6.04 Å². The van der Waals surface area contributed by atoms with Crippen molar-refractivity contribution in [1.29, 1.82) is 0 Å². The number of allylic oxidation sites excluding steroid dienone is 1. The van der Waals surface area contributed by atoms with E-state index >= 15 is 0 Å². The molecule has 1 aliphatic rings. The molecule has 0 aromatic heterocycles. The predicted octanol–water partition coefficient (Wildman–Crippen LogP) is 4.14. The first-order valence-electron chi connectivity index (χ1n) is 8.26. The largest absolute Gasteiger partial charge is 0.493 e. The molecule has 0 radical (unpaired) electrons. The number of ether oxygens (including phenoxy) is 2. The van der Waals surface area contributed by atoms with Gasteiger partial charge in [-0.15, -0.1) is 0 Å². The highest BCUT2D eigenvalue weighted by atomic mass is 79.9. The van der Waals surface area contributed by atoms with Gasteiger partial charge in [0.2, 0.25) is 0 Å². The molecule has 0 saturated heterocycles. The second kappa shape index (κ2) is 8.10. The van der Waals surface area contributed by atoms with Crippen LogP contribution in [-0.4, -0.2) is 25.1 Å². The van der Waals surface area contributed by atoms with Gasteiger partial charge in [-0.2, -0.15) is 0 Å². The Morgan fingerprint density at radius 3 is 2.44 bits per heavy atom. The fourth-order valence-corrected chi connectivity index (χ4v) is 4.09. The summed E-state index contributed by atoms with van der Waals surface area (Å²) in [5.74, 6) is 1.09. The van der Waals surface area contributed by atoms with Gasteiger partial charge in [0.05, 0.1) is 24.7 Å². The topological polar surface area (TPSA) is 59.6 Å². The maximum atomic E-state index is 13.2. The minimum Gasteiger partial charge on any atom is -0.493 e. The average molecular weight is 447 g/mol. The third kappa shape index (κ3) is 3.70. The Labute approximate surface area is 171 Å². The van der Waals surface area contributed by atoms with Crippen molar-refractivity contribution in [2.45, 2.75) is 13.0 Å². The Kier molecular flexibility index (Phi) is 5.82. The molecule has 1 heterocycles. The molecule has 140 valence electrons. The fraction of sp³-hybridized carbons (Fsp3) is 0.200. The first kappa shape index (κ1) is 19.4. The minimum absolute atomic E-state index is 0.0673. The molecule has 1 aliphatic heterocycles. The second-order valence-electron chi connectivity index (χ2n) is 5.97. The summed E-state index contributed by atoms with van der Waals surface area (Å²) >= 11 is 8.93. The van der Waals surface area contributed by atoms with Gasteiger partial charge in [0.25, 0.3) is 0 Å². The van der Waals surface area contributed by atoms with Gasteiger partial charge in [0.15, 0.2) is 22.4 Å². The van der Waals surface area contributed by atoms with Crippen LogP contribution >= 0.6 is 28.1 Å². The van der Waals surface area contributed by atoms with Crippen LogP contribution in [0.1, 0.15) is 28.9 Å². The van der Waals surface area contributed by atoms with E-state index in [0.717, 1.165) is 11.3 Å². The van der Waals surface area contributed by atoms with Crippen molar-refractivity contribution in [2.24, 2.45) is 0 Å². The lowest BCUT2D eigenvalue weighted by Gasteiger charge is -2.31. The van der Waals surface area contributed by atoms with Gasteiger partial charge in [-0.05, 0) is 46.7 Å². The fourth-order valence-electron chi connectivity index (χ4n) is 3.10. The van der Waals surface area contributed by atoms with Gasteiger partial charge in [0.1, 0.15) is 0 Å². The van der Waals surface area contributed by atoms with Crippen molar-refractivity contribution in [1.82, 2.24) is 10.6 Å². The molecule has 0 bridgehead atoms. The van der Waals surface area contributed by atoms with Gasteiger partial charge < -0.3 is 20.1 Å². The van der Waals surface area contributed by atoms with Crippen LogP contribution in [0.4, 0.5) is 0 Å². The molecule has 0 fully saturated rings. The number of ketones is 1. The summed E-state index contributed by atoms with van der Waals surface area (Å²) in [5.41, 5.74) is 2.77. The van der Waals surface area contributed by atoms with Crippen molar-refractivity contribution >= 4 is 39.0 Å². The number of thiocarbonyl (C=S) groups is 1. The summed E-state index contributed by atoms with van der Waals surface area (Å²) in [6, 6.07) is 12.5. The van der Waals surface area contributed by atoms with Crippen LogP contribution in [0.3, 0.4) is 0 Å². The molecule has 7 heteroatoms. The Morgan fingerprint density at radius 1 is 1.11 bits per heavy atom. The highest BCUT2D eigenvalue weighted by Gasteiger charge is 2.32. The zero-order valence-electron chi connectivity index (χ0n) is 15.1. The summed E-state index contributed by atoms with van der Waals surface area (Å²) in [6.07, 6.45) is 0. The molecule has 0 spiro atoms. The number of nitrogens with one attached hydrogen (secondary N) is 2. The SMILES string of the molecule is COc1ccc(C2NC(=S)NC(C)=C2C(=O)c2ccccc2)c(Br)c1OC. The molecule has 5 nitrogen and oxygen atoms in total. The summed E-state index contributed by atoms with van der Waals surface area (Å²) in [5, 5.41) is 6.73. The van der Waals surface area contributed by atoms with Gasteiger partial charge in [0, 0.05) is 16.8 Å². The van der Waals surface area contributed by atoms with Crippen LogP contribution < -0.4 is 20.1 Å². The lowest BCUT2D eigenvalue weighted by molar-refractivity contribution is 0.102. The van der Waals surface area contributed by atoms with Crippen molar-refractivity contribution in [3.63, 3.8) is 0 Å². The standard InChI is InChI=1S/C20H19BrN2O3S/c1-11-15(18(24)12-7-5-4-6-8-12)17(23-20(27)22-11)13-9-10-14(25-2)19(26-3)16(13)21/h4-10,17H,1-3H3,(H2,22,23,27). The molecule has 1 atom stereocenters. The number of hydrogen-bond acceptors (Lipinski definition) is 4. The van der Waals surface area contributed by atoms with Gasteiger partial charge in [-0.1, -0.05) is 36.4 Å². The van der Waals surface area contributed by atoms with E-state index in [9.17, 15) is 4.79 Å². The Bertz CT molecular complexity index is 928. The predicted molar refractivity (Wildman–Crippen MR) is 112 cm³/mol. The Morgan fingerprint density at radius 2 is 1.81 bits per heavy atom. The molecule has 2 aromatic carbocycles. The molecule has 27 heavy (non-hydrogen) atoms. The molecule has 2 aromatic rings. The minimum atomic E-state index is -0.430. The van der Waals surface area contributed by atoms with E-state index in [-0.39, 0.29) is 5.78 Å². The smallest absolute Gasteiger partial charge is 0.193 e. The summed E-state index contributed by atoms with van der Waals surface area (Å²) < 4.78 is 11.5. The molecular weight excluding hydrogens is 428 g/mol. The normalized spacial score (nSPS) is 16.4. The maximum Gasteiger partial charge on any atom is 0.193 e. The van der Waals surface area contributed by atoms with Crippen molar-refractivity contribution in [3.8, 4) is 11.5 Å². The Hall–Kier alpha value is -2.38. The second-order valence-corrected chi connectivity index (χ2v) is 7.17. The van der Waals surface area contributed by atoms with Crippen LogP contribution in [0.2, 0.25) is 0 Å². The van der Waals surface area contributed by atoms with Crippen molar-refractivity contribution in [3.05, 3.63) is 69.3 Å². The first-order valence-corrected chi connectivity index (χ1v) is 9.46. The van der Waals surface area contributed by atoms with Gasteiger partial charge in [-0.25, -0.2) is 0 Å². The van der Waals surface area contributed by atoms with Gasteiger partial charge in [-0.3, -0.25) is 4.79 Å². The lowest BCUT2D eigenvalue weighted by atomic mass is 9.89. The number of carbonyl (C=O) groups is 1. The molecule has 1 unspecified atom stereocenters. The van der Waals surface area contributed by atoms with Crippen LogP contribution in [-0.2, 0) is 0 Å². The summed E-state index contributed by atoms with van der Waals surface area (Å²) in [4.78, 5) is 13.2. The first-order chi connectivity index (χ1) is 13.0. The highest BCUT2D eigenvalue weighted by Crippen LogP contribution is 2.42. The van der Waals surface area contributed by atoms with Crippen LogP contribution in [0.15, 0.2) is 58.2 Å².